The molecule has 0 saturated carbocycles. The third-order valence-electron chi connectivity index (χ3n) is 6.53. The maximum Gasteiger partial charge on any atom is 0.305 e. The van der Waals surface area contributed by atoms with Gasteiger partial charge in [-0.15, -0.1) is 12.6 Å². The summed E-state index contributed by atoms with van der Waals surface area (Å²) in [6, 6.07) is 10.9. The fourth-order valence-electron chi connectivity index (χ4n) is 4.15. The van der Waals surface area contributed by atoms with E-state index in [-0.39, 0.29) is 23.0 Å². The minimum absolute atomic E-state index is 0.189. The van der Waals surface area contributed by atoms with E-state index in [1.165, 1.54) is 14.2 Å². The zero-order valence-electron chi connectivity index (χ0n) is 20.6. The second-order valence-electron chi connectivity index (χ2n) is 9.17. The number of benzene rings is 2. The SMILES string of the molecule is COC(=O)CCc1ccc(O)c(CN2CCN(Cc3cc(CCC(C)(O)OC)ccc3O)C2S)c1. The first-order valence-corrected chi connectivity index (χ1v) is 12.3. The van der Waals surface area contributed by atoms with Crippen molar-refractivity contribution in [1.29, 1.82) is 0 Å². The van der Waals surface area contributed by atoms with Crippen LogP contribution < -0.4 is 0 Å². The van der Waals surface area contributed by atoms with Crippen molar-refractivity contribution < 1.29 is 29.6 Å². The minimum Gasteiger partial charge on any atom is -0.508 e. The molecule has 8 nitrogen and oxygen atoms in total. The van der Waals surface area contributed by atoms with Gasteiger partial charge in [0.1, 0.15) is 17.0 Å². The Morgan fingerprint density at radius 2 is 1.51 bits per heavy atom. The number of methoxy groups -OCH3 is 2. The second kappa shape index (κ2) is 12.1. The highest BCUT2D eigenvalue weighted by Crippen LogP contribution is 2.29. The van der Waals surface area contributed by atoms with E-state index in [1.807, 2.05) is 24.3 Å². The Bertz CT molecular complexity index is 1020. The number of hydrogen-bond donors (Lipinski definition) is 4. The van der Waals surface area contributed by atoms with Crippen molar-refractivity contribution in [3.8, 4) is 11.5 Å². The molecule has 1 aliphatic rings. The Morgan fingerprint density at radius 1 is 1.00 bits per heavy atom. The van der Waals surface area contributed by atoms with Crippen LogP contribution in [-0.4, -0.2) is 69.7 Å². The quantitative estimate of drug-likeness (QED) is 0.210. The summed E-state index contributed by atoms with van der Waals surface area (Å²) in [7, 11) is 2.85. The second-order valence-corrected chi connectivity index (χ2v) is 9.63. The number of phenolic OH excluding ortho intramolecular Hbond substituents is 2. The predicted octanol–water partition coefficient (Wildman–Crippen LogP) is 3.02. The first-order chi connectivity index (χ1) is 16.6. The molecule has 1 fully saturated rings. The predicted molar refractivity (Wildman–Crippen MR) is 136 cm³/mol. The molecule has 1 saturated heterocycles. The van der Waals surface area contributed by atoms with Crippen LogP contribution in [0.2, 0.25) is 0 Å². The number of aliphatic hydroxyl groups is 1. The van der Waals surface area contributed by atoms with Gasteiger partial charge in [0.15, 0.2) is 5.79 Å². The summed E-state index contributed by atoms with van der Waals surface area (Å²) in [5.74, 6) is -1.02. The van der Waals surface area contributed by atoms with E-state index in [1.54, 1.807) is 19.1 Å². The van der Waals surface area contributed by atoms with Gasteiger partial charge in [0.25, 0.3) is 0 Å². The number of nitrogens with zero attached hydrogens (tertiary/aromatic N) is 2. The van der Waals surface area contributed by atoms with Gasteiger partial charge in [-0.05, 0) is 43.0 Å². The number of thiol groups is 1. The van der Waals surface area contributed by atoms with Crippen LogP contribution in [0.3, 0.4) is 0 Å². The number of aryl methyl sites for hydroxylation is 2. The minimum atomic E-state index is -1.19. The number of phenols is 2. The van der Waals surface area contributed by atoms with Gasteiger partial charge in [-0.3, -0.25) is 14.6 Å². The van der Waals surface area contributed by atoms with E-state index >= 15 is 0 Å². The molecule has 2 aromatic carbocycles. The van der Waals surface area contributed by atoms with Crippen LogP contribution in [0, 0.1) is 0 Å². The molecule has 3 rings (SSSR count). The van der Waals surface area contributed by atoms with Crippen LogP contribution in [0.4, 0.5) is 0 Å². The van der Waals surface area contributed by atoms with Gasteiger partial charge >= 0.3 is 5.97 Å². The molecule has 0 bridgehead atoms. The number of carbonyl (C=O) groups is 1. The molecule has 35 heavy (non-hydrogen) atoms. The zero-order valence-corrected chi connectivity index (χ0v) is 21.5. The van der Waals surface area contributed by atoms with Crippen LogP contribution in [-0.2, 0) is 40.2 Å². The van der Waals surface area contributed by atoms with Gasteiger partial charge in [-0.2, -0.15) is 0 Å². The highest BCUT2D eigenvalue weighted by atomic mass is 32.1. The number of hydrogen-bond acceptors (Lipinski definition) is 9. The molecular weight excluding hydrogens is 468 g/mol. The summed E-state index contributed by atoms with van der Waals surface area (Å²) >= 11 is 4.81. The molecule has 1 heterocycles. The Kier molecular flexibility index (Phi) is 9.43. The maximum absolute atomic E-state index is 11.5. The van der Waals surface area contributed by atoms with E-state index in [0.717, 1.165) is 35.3 Å². The van der Waals surface area contributed by atoms with Crippen molar-refractivity contribution in [3.63, 3.8) is 0 Å². The van der Waals surface area contributed by atoms with Gasteiger partial charge in [-0.1, -0.05) is 24.3 Å². The molecule has 3 N–H and O–H groups in total. The van der Waals surface area contributed by atoms with Crippen LogP contribution in [0.15, 0.2) is 36.4 Å². The monoisotopic (exact) mass is 504 g/mol. The Morgan fingerprint density at radius 3 is 2.00 bits per heavy atom. The number of carbonyl (C=O) groups excluding carboxylic acids is 1. The third-order valence-corrected chi connectivity index (χ3v) is 7.18. The largest absolute Gasteiger partial charge is 0.508 e. The number of ether oxygens (including phenoxy) is 2. The van der Waals surface area contributed by atoms with Crippen molar-refractivity contribution in [2.45, 2.75) is 57.0 Å². The van der Waals surface area contributed by atoms with Gasteiger partial charge in [0.2, 0.25) is 0 Å². The van der Waals surface area contributed by atoms with Crippen molar-refractivity contribution in [2.75, 3.05) is 27.3 Å². The van der Waals surface area contributed by atoms with Crippen LogP contribution in [0.25, 0.3) is 0 Å². The van der Waals surface area contributed by atoms with Gasteiger partial charge in [0, 0.05) is 57.3 Å². The first kappa shape index (κ1) is 27.3. The molecule has 0 amide bonds. The Labute approximate surface area is 212 Å². The topological polar surface area (TPSA) is 103 Å². The van der Waals surface area contributed by atoms with Crippen molar-refractivity contribution in [2.24, 2.45) is 0 Å². The number of aromatic hydroxyl groups is 2. The van der Waals surface area contributed by atoms with Gasteiger partial charge in [-0.25, -0.2) is 0 Å². The fraction of sp³-hybridized carbons (Fsp3) is 0.500. The van der Waals surface area contributed by atoms with Gasteiger partial charge in [0.05, 0.1) is 7.11 Å². The summed E-state index contributed by atoms with van der Waals surface area (Å²) in [6.45, 7) is 4.19. The van der Waals surface area contributed by atoms with Gasteiger partial charge < -0.3 is 24.8 Å². The van der Waals surface area contributed by atoms with Crippen LogP contribution in [0.1, 0.15) is 42.0 Å². The molecule has 0 spiro atoms. The highest BCUT2D eigenvalue weighted by Gasteiger charge is 2.30. The Balaban J connectivity index is 1.63. The average molecular weight is 505 g/mol. The van der Waals surface area contributed by atoms with E-state index in [9.17, 15) is 20.1 Å². The lowest BCUT2D eigenvalue weighted by Gasteiger charge is -2.27. The highest BCUT2D eigenvalue weighted by molar-refractivity contribution is 7.80. The lowest BCUT2D eigenvalue weighted by atomic mass is 10.0. The van der Waals surface area contributed by atoms with E-state index in [0.29, 0.717) is 38.8 Å². The first-order valence-electron chi connectivity index (χ1n) is 11.7. The molecule has 2 atom stereocenters. The number of esters is 1. The normalized spacial score (nSPS) is 18.5. The number of rotatable bonds is 11. The molecule has 192 valence electrons. The van der Waals surface area contributed by atoms with E-state index in [4.69, 9.17) is 22.1 Å². The molecule has 1 aliphatic heterocycles. The molecule has 0 aromatic heterocycles. The van der Waals surface area contributed by atoms with E-state index < -0.39 is 5.79 Å². The lowest BCUT2D eigenvalue weighted by molar-refractivity contribution is -0.174. The smallest absolute Gasteiger partial charge is 0.305 e. The summed E-state index contributed by atoms with van der Waals surface area (Å²) in [4.78, 5) is 15.8. The summed E-state index contributed by atoms with van der Waals surface area (Å²) in [5.41, 5.74) is 3.36. The molecule has 0 aliphatic carbocycles. The zero-order chi connectivity index (χ0) is 25.6. The summed E-state index contributed by atoms with van der Waals surface area (Å²) < 4.78 is 9.80. The molecule has 9 heteroatoms. The molecule has 2 aromatic rings. The lowest BCUT2D eigenvalue weighted by Crippen LogP contribution is -2.33. The van der Waals surface area contributed by atoms with Crippen LogP contribution >= 0.6 is 12.6 Å². The fourth-order valence-corrected chi connectivity index (χ4v) is 4.54. The van der Waals surface area contributed by atoms with Crippen LogP contribution in [0.5, 0.6) is 11.5 Å². The summed E-state index contributed by atoms with van der Waals surface area (Å²) in [5, 5.41) is 30.9. The maximum atomic E-state index is 11.5. The standard InChI is InChI=1S/C26H36N2O6S/c1-26(32,34-3)11-10-19-5-8-23(30)21(15-19)17-28-13-12-27(25(28)35)16-20-14-18(4-7-22(20)29)6-9-24(31)33-2/h4-5,7-8,14-15,25,29-30,32,35H,6,9-13,16-17H2,1-3H3. The molecule has 2 unspecified atom stereocenters. The van der Waals surface area contributed by atoms with Crippen molar-refractivity contribution >= 4 is 18.6 Å². The van der Waals surface area contributed by atoms with Crippen molar-refractivity contribution in [3.05, 3.63) is 58.7 Å². The van der Waals surface area contributed by atoms with E-state index in [2.05, 4.69) is 9.80 Å². The third kappa shape index (κ3) is 7.59. The molecule has 0 radical (unpaired) electrons. The summed E-state index contributed by atoms with van der Waals surface area (Å²) in [6.07, 6.45) is 1.91. The molecular formula is C26H36N2O6S. The Hall–Kier alpha value is -2.30. The van der Waals surface area contributed by atoms with Crippen molar-refractivity contribution in [1.82, 2.24) is 9.80 Å². The average Bonchev–Trinajstić information content (AvgIpc) is 3.18.